The SMILES string of the molecule is CCCCCCCC(=O)Oc1ccc(-c2c3nc(c(-c4ccc(OC(=O)CCCCCCC)cc4)c4ccc([nH]4)c(-c4ccc(OC(=O)CCCCCCC)cc4)c4nc(c(-c5ccc(OC(=O)CCCCCCC)cc5)c5ccc2[nH]5)C=C4)C=C3)cc1. The molecule has 4 aromatic carbocycles. The van der Waals surface area contributed by atoms with Crippen LogP contribution in [-0.4, -0.2) is 43.8 Å². The molecular weight excluding hydrogens is 1100 g/mol. The van der Waals surface area contributed by atoms with Crippen LogP contribution in [0.3, 0.4) is 0 Å². The maximum Gasteiger partial charge on any atom is 0.311 e. The number of carbonyl (C=O) groups is 4. The van der Waals surface area contributed by atoms with Crippen LogP contribution < -0.4 is 18.9 Å². The Bertz CT molecular complexity index is 3230. The number of nitrogens with zero attached hydrogens (tertiary/aromatic N) is 2. The molecule has 458 valence electrons. The maximum atomic E-state index is 13.0. The van der Waals surface area contributed by atoms with Crippen LogP contribution in [0.15, 0.2) is 121 Å². The van der Waals surface area contributed by atoms with E-state index in [1.807, 2.05) is 121 Å². The van der Waals surface area contributed by atoms with Crippen LogP contribution in [-0.2, 0) is 19.2 Å². The summed E-state index contributed by atoms with van der Waals surface area (Å²) in [6.45, 7) is 8.71. The highest BCUT2D eigenvalue weighted by Gasteiger charge is 2.21. The fraction of sp³-hybridized carbons (Fsp3) is 0.368. The molecule has 3 aromatic heterocycles. The number of aromatic amines is 2. The van der Waals surface area contributed by atoms with E-state index >= 15 is 0 Å². The lowest BCUT2D eigenvalue weighted by Crippen LogP contribution is -2.07. The van der Waals surface area contributed by atoms with E-state index in [-0.39, 0.29) is 23.9 Å². The summed E-state index contributed by atoms with van der Waals surface area (Å²) in [4.78, 5) is 70.7. The Hall–Kier alpha value is -8.64. The summed E-state index contributed by atoms with van der Waals surface area (Å²) in [7, 11) is 0. The number of H-pyrrole nitrogens is 2. The minimum Gasteiger partial charge on any atom is -0.427 e. The third-order valence-electron chi connectivity index (χ3n) is 16.2. The molecule has 0 atom stereocenters. The first kappa shape index (κ1) is 63.9. The van der Waals surface area contributed by atoms with Gasteiger partial charge in [-0.05, 0) is 145 Å². The summed E-state index contributed by atoms with van der Waals surface area (Å²) >= 11 is 0. The molecule has 2 aliphatic rings. The number of hydrogen-bond acceptors (Lipinski definition) is 10. The van der Waals surface area contributed by atoms with Gasteiger partial charge in [-0.2, -0.15) is 0 Å². The number of esters is 4. The second-order valence-corrected chi connectivity index (χ2v) is 23.2. The first-order valence-electron chi connectivity index (χ1n) is 32.5. The van der Waals surface area contributed by atoms with E-state index in [9.17, 15) is 19.2 Å². The molecule has 0 fully saturated rings. The third kappa shape index (κ3) is 17.8. The van der Waals surface area contributed by atoms with Crippen LogP contribution in [0.4, 0.5) is 0 Å². The second kappa shape index (κ2) is 32.9. The number of aromatic nitrogens is 4. The second-order valence-electron chi connectivity index (χ2n) is 23.2. The fourth-order valence-electron chi connectivity index (χ4n) is 11.4. The van der Waals surface area contributed by atoms with Gasteiger partial charge in [-0.3, -0.25) is 19.2 Å². The fourth-order valence-corrected chi connectivity index (χ4v) is 11.4. The van der Waals surface area contributed by atoms with Gasteiger partial charge < -0.3 is 28.9 Å². The van der Waals surface area contributed by atoms with Crippen LogP contribution in [0, 0.1) is 0 Å². The van der Waals surface area contributed by atoms with E-state index < -0.39 is 0 Å². The number of benzene rings is 4. The van der Waals surface area contributed by atoms with Crippen LogP contribution in [0.25, 0.3) is 90.9 Å². The van der Waals surface area contributed by atoms with Crippen molar-refractivity contribution in [3.63, 3.8) is 0 Å². The highest BCUT2D eigenvalue weighted by atomic mass is 16.5. The van der Waals surface area contributed by atoms with E-state index in [1.165, 1.54) is 0 Å². The first-order chi connectivity index (χ1) is 43.1. The van der Waals surface area contributed by atoms with E-state index in [2.05, 4.69) is 61.9 Å². The zero-order chi connectivity index (χ0) is 61.5. The summed E-state index contributed by atoms with van der Waals surface area (Å²) < 4.78 is 23.5. The Labute approximate surface area is 519 Å². The molecule has 0 saturated carbocycles. The van der Waals surface area contributed by atoms with Crippen molar-refractivity contribution >= 4 is 70.2 Å². The van der Waals surface area contributed by atoms with Crippen LogP contribution in [0.2, 0.25) is 0 Å². The predicted octanol–water partition coefficient (Wildman–Crippen LogP) is 20.4. The molecule has 0 aliphatic carbocycles. The number of carbonyl (C=O) groups excluding carboxylic acids is 4. The van der Waals surface area contributed by atoms with Gasteiger partial charge in [-0.1, -0.05) is 179 Å². The first-order valence-corrected chi connectivity index (χ1v) is 32.5. The minimum atomic E-state index is -0.252. The monoisotopic (exact) mass is 1180 g/mol. The van der Waals surface area contributed by atoms with Crippen molar-refractivity contribution in [2.24, 2.45) is 0 Å². The molecule has 12 nitrogen and oxygen atoms in total. The average molecular weight is 1180 g/mol. The number of hydrogen-bond donors (Lipinski definition) is 2. The summed E-state index contributed by atoms with van der Waals surface area (Å²) in [5, 5.41) is 0. The standard InChI is InChI=1S/C76H86N4O8/c1-5-9-13-17-21-25-69(81)85-57-37-29-53(30-38-57)73-61-45-47-63(77-61)74(54-31-39-58(40-32-54)86-70(82)26-22-18-14-10-6-2)65-49-51-67(79-65)76(56-35-43-60(44-36-56)88-72(84)28-24-20-16-12-8-4)68-52-50-66(80-68)75(64-48-46-62(73)78-64)55-33-41-59(42-34-55)87-71(83)27-23-19-15-11-7-3/h29-52,77,80H,5-28H2,1-4H3. The number of rotatable bonds is 32. The van der Waals surface area contributed by atoms with Crippen molar-refractivity contribution in [3.8, 4) is 67.5 Å². The molecule has 88 heavy (non-hydrogen) atoms. The zero-order valence-corrected chi connectivity index (χ0v) is 52.0. The summed E-state index contributed by atoms with van der Waals surface area (Å²) in [5.41, 5.74) is 12.5. The molecule has 0 amide bonds. The van der Waals surface area contributed by atoms with Gasteiger partial charge in [0.25, 0.3) is 0 Å². The van der Waals surface area contributed by atoms with Crippen molar-refractivity contribution in [3.05, 3.63) is 144 Å². The summed E-state index contributed by atoms with van der Waals surface area (Å²) in [5.74, 6) is 0.853. The number of nitrogens with one attached hydrogen (secondary N) is 2. The Balaban J connectivity index is 1.19. The van der Waals surface area contributed by atoms with Crippen molar-refractivity contribution in [2.45, 2.75) is 182 Å². The van der Waals surface area contributed by atoms with Crippen molar-refractivity contribution in [1.82, 2.24) is 19.9 Å². The number of ether oxygens (including phenoxy) is 4. The van der Waals surface area contributed by atoms with Crippen molar-refractivity contribution in [2.75, 3.05) is 0 Å². The zero-order valence-electron chi connectivity index (χ0n) is 52.0. The lowest BCUT2D eigenvalue weighted by atomic mass is 10.0. The van der Waals surface area contributed by atoms with Gasteiger partial charge in [-0.25, -0.2) is 9.97 Å². The van der Waals surface area contributed by atoms with Crippen molar-refractivity contribution in [1.29, 1.82) is 0 Å². The highest BCUT2D eigenvalue weighted by Crippen LogP contribution is 2.40. The van der Waals surface area contributed by atoms with E-state index in [0.29, 0.717) is 71.5 Å². The van der Waals surface area contributed by atoms with Gasteiger partial charge in [0.2, 0.25) is 0 Å². The number of unbranched alkanes of at least 4 members (excludes halogenated alkanes) is 16. The number of fused-ring (bicyclic) bond motifs is 8. The maximum absolute atomic E-state index is 13.0. The molecule has 2 N–H and O–H groups in total. The van der Waals surface area contributed by atoms with E-state index in [1.54, 1.807) is 0 Å². The molecule has 12 heteroatoms. The molecule has 5 heterocycles. The lowest BCUT2D eigenvalue weighted by molar-refractivity contribution is -0.135. The molecule has 0 unspecified atom stereocenters. The van der Waals surface area contributed by atoms with Crippen LogP contribution >= 0.6 is 0 Å². The van der Waals surface area contributed by atoms with Gasteiger partial charge in [-0.15, -0.1) is 0 Å². The third-order valence-corrected chi connectivity index (χ3v) is 16.2. The summed E-state index contributed by atoms with van der Waals surface area (Å²) in [6, 6.07) is 38.6. The van der Waals surface area contributed by atoms with Gasteiger partial charge in [0.15, 0.2) is 0 Å². The molecule has 0 saturated heterocycles. The lowest BCUT2D eigenvalue weighted by Gasteiger charge is -2.09. The molecule has 2 aliphatic heterocycles. The quantitative estimate of drug-likeness (QED) is 0.0236. The summed E-state index contributed by atoms with van der Waals surface area (Å²) in [6.07, 6.45) is 30.2. The average Bonchev–Trinajstić information content (AvgIpc) is 2.61. The molecule has 0 radical (unpaired) electrons. The Kier molecular flexibility index (Phi) is 23.9. The molecule has 0 spiro atoms. The van der Waals surface area contributed by atoms with Crippen molar-refractivity contribution < 1.29 is 38.1 Å². The Morgan fingerprint density at radius 1 is 0.284 bits per heavy atom. The Morgan fingerprint density at radius 2 is 0.489 bits per heavy atom. The molecule has 7 aromatic rings. The normalized spacial score (nSPS) is 11.7. The van der Waals surface area contributed by atoms with Crippen LogP contribution in [0.1, 0.15) is 205 Å². The van der Waals surface area contributed by atoms with E-state index in [0.717, 1.165) is 195 Å². The van der Waals surface area contributed by atoms with Gasteiger partial charge in [0.1, 0.15) is 23.0 Å². The molecule has 9 rings (SSSR count). The predicted molar refractivity (Wildman–Crippen MR) is 357 cm³/mol. The smallest absolute Gasteiger partial charge is 0.311 e. The van der Waals surface area contributed by atoms with E-state index in [4.69, 9.17) is 28.9 Å². The molecule has 8 bridgehead atoms. The highest BCUT2D eigenvalue weighted by molar-refractivity contribution is 6.00. The molecular formula is C76H86N4O8. The van der Waals surface area contributed by atoms with Gasteiger partial charge >= 0.3 is 23.9 Å². The Morgan fingerprint density at radius 3 is 0.693 bits per heavy atom. The minimum absolute atomic E-state index is 0.252. The van der Waals surface area contributed by atoms with Gasteiger partial charge in [0, 0.05) is 70.0 Å². The topological polar surface area (TPSA) is 163 Å². The van der Waals surface area contributed by atoms with Crippen LogP contribution in [0.5, 0.6) is 23.0 Å². The van der Waals surface area contributed by atoms with Gasteiger partial charge in [0.05, 0.1) is 22.8 Å². The largest absolute Gasteiger partial charge is 0.427 e.